The van der Waals surface area contributed by atoms with Crippen LogP contribution in [0.25, 0.3) is 6.08 Å². The molecule has 1 aromatic rings. The van der Waals surface area contributed by atoms with Crippen LogP contribution in [0, 0.1) is 20.2 Å². The van der Waals surface area contributed by atoms with E-state index in [-0.39, 0.29) is 11.1 Å². The molecule has 0 aromatic heterocycles. The van der Waals surface area contributed by atoms with Crippen LogP contribution in [0.4, 0.5) is 11.4 Å². The maximum atomic E-state index is 10.8. The highest BCUT2D eigenvalue weighted by molar-refractivity contribution is 5.92. The van der Waals surface area contributed by atoms with Crippen LogP contribution in [0.2, 0.25) is 0 Å². The van der Waals surface area contributed by atoms with Crippen LogP contribution in [-0.2, 0) is 4.79 Å². The second-order valence-electron chi connectivity index (χ2n) is 3.39. The lowest BCUT2D eigenvalue weighted by atomic mass is 10.1. The first-order chi connectivity index (χ1) is 8.32. The molecule has 0 spiro atoms. The topological polar surface area (TPSA) is 124 Å². The Morgan fingerprint density at radius 2 is 1.89 bits per heavy atom. The number of rotatable bonds is 4. The van der Waals surface area contributed by atoms with Gasteiger partial charge in [0, 0.05) is 11.6 Å². The van der Waals surface area contributed by atoms with Gasteiger partial charge in [0.25, 0.3) is 11.4 Å². The van der Waals surface area contributed by atoms with Crippen LogP contribution in [0.5, 0.6) is 0 Å². The number of carboxylic acid groups (broad SMARTS) is 1. The van der Waals surface area contributed by atoms with Gasteiger partial charge in [-0.2, -0.15) is 0 Å². The van der Waals surface area contributed by atoms with Gasteiger partial charge >= 0.3 is 5.97 Å². The molecule has 0 radical (unpaired) electrons. The van der Waals surface area contributed by atoms with Crippen molar-refractivity contribution < 1.29 is 19.7 Å². The van der Waals surface area contributed by atoms with Gasteiger partial charge in [-0.15, -0.1) is 0 Å². The molecule has 0 aliphatic rings. The summed E-state index contributed by atoms with van der Waals surface area (Å²) in [5.41, 5.74) is -1.03. The third-order valence-electron chi connectivity index (χ3n) is 2.13. The fraction of sp³-hybridized carbons (Fsp3) is 0.100. The van der Waals surface area contributed by atoms with E-state index in [0.29, 0.717) is 0 Å². The first-order valence-electron chi connectivity index (χ1n) is 4.67. The number of nitro groups is 2. The van der Waals surface area contributed by atoms with Crippen LogP contribution in [0.1, 0.15) is 12.5 Å². The molecule has 0 atom stereocenters. The molecule has 8 nitrogen and oxygen atoms in total. The van der Waals surface area contributed by atoms with Crippen molar-refractivity contribution in [2.75, 3.05) is 0 Å². The lowest BCUT2D eigenvalue weighted by Crippen LogP contribution is -1.98. The average molecular weight is 252 g/mol. The first kappa shape index (κ1) is 13.3. The number of nitrogens with zero attached hydrogens (tertiary/aromatic N) is 2. The monoisotopic (exact) mass is 252 g/mol. The van der Waals surface area contributed by atoms with Crippen molar-refractivity contribution >= 4 is 23.4 Å². The molecule has 1 rings (SSSR count). The summed E-state index contributed by atoms with van der Waals surface area (Å²) < 4.78 is 0. The third kappa shape index (κ3) is 2.88. The fourth-order valence-electron chi connectivity index (χ4n) is 1.22. The highest BCUT2D eigenvalue weighted by Crippen LogP contribution is 2.26. The fourth-order valence-corrected chi connectivity index (χ4v) is 1.22. The van der Waals surface area contributed by atoms with Crippen LogP contribution in [0.15, 0.2) is 23.8 Å². The summed E-state index contributed by atoms with van der Waals surface area (Å²) in [6, 6.07) is 3.01. The second-order valence-corrected chi connectivity index (χ2v) is 3.39. The zero-order valence-electron chi connectivity index (χ0n) is 9.19. The zero-order chi connectivity index (χ0) is 13.9. The van der Waals surface area contributed by atoms with Gasteiger partial charge < -0.3 is 5.11 Å². The standard InChI is InChI=1S/C10H8N2O6/c1-6(10(13)14)4-7-2-3-8(11(15)16)5-9(7)12(17)18/h2-5H,1H3,(H,13,14)/b6-4+. The molecule has 0 aliphatic heterocycles. The number of carboxylic acids is 1. The molecule has 0 aliphatic carbocycles. The van der Waals surface area contributed by atoms with E-state index in [9.17, 15) is 25.0 Å². The van der Waals surface area contributed by atoms with E-state index in [1.54, 1.807) is 0 Å². The van der Waals surface area contributed by atoms with E-state index in [2.05, 4.69) is 0 Å². The summed E-state index contributed by atoms with van der Waals surface area (Å²) in [5, 5.41) is 29.9. The van der Waals surface area contributed by atoms with Crippen LogP contribution >= 0.6 is 0 Å². The van der Waals surface area contributed by atoms with Crippen molar-refractivity contribution in [2.24, 2.45) is 0 Å². The van der Waals surface area contributed by atoms with Crippen molar-refractivity contribution in [3.05, 3.63) is 49.6 Å². The number of hydrogen-bond acceptors (Lipinski definition) is 5. The highest BCUT2D eigenvalue weighted by Gasteiger charge is 2.18. The summed E-state index contributed by atoms with van der Waals surface area (Å²) >= 11 is 0. The van der Waals surface area contributed by atoms with E-state index >= 15 is 0 Å². The maximum Gasteiger partial charge on any atom is 0.331 e. The minimum absolute atomic E-state index is 0.00509. The van der Waals surface area contributed by atoms with Gasteiger partial charge in [0.05, 0.1) is 21.5 Å². The summed E-state index contributed by atoms with van der Waals surface area (Å²) in [4.78, 5) is 30.3. The molecule has 1 aromatic carbocycles. The molecule has 0 saturated heterocycles. The first-order valence-corrected chi connectivity index (χ1v) is 4.67. The molecular weight excluding hydrogens is 244 g/mol. The van der Waals surface area contributed by atoms with Gasteiger partial charge in [0.1, 0.15) is 0 Å². The van der Waals surface area contributed by atoms with Crippen molar-refractivity contribution in [1.29, 1.82) is 0 Å². The number of benzene rings is 1. The number of carbonyl (C=O) groups is 1. The normalized spacial score (nSPS) is 11.1. The molecule has 18 heavy (non-hydrogen) atoms. The van der Waals surface area contributed by atoms with Crippen LogP contribution in [-0.4, -0.2) is 20.9 Å². The van der Waals surface area contributed by atoms with Crippen LogP contribution < -0.4 is 0 Å². The van der Waals surface area contributed by atoms with Gasteiger partial charge in [0.2, 0.25) is 0 Å². The van der Waals surface area contributed by atoms with Crippen molar-refractivity contribution in [1.82, 2.24) is 0 Å². The Kier molecular flexibility index (Phi) is 3.72. The molecule has 8 heteroatoms. The Hall–Kier alpha value is -2.77. The van der Waals surface area contributed by atoms with E-state index in [1.807, 2.05) is 0 Å². The van der Waals surface area contributed by atoms with Crippen molar-refractivity contribution in [3.8, 4) is 0 Å². The van der Waals surface area contributed by atoms with Gasteiger partial charge in [-0.05, 0) is 19.1 Å². The van der Waals surface area contributed by atoms with Gasteiger partial charge in [-0.3, -0.25) is 20.2 Å². The third-order valence-corrected chi connectivity index (χ3v) is 2.13. The number of aliphatic carboxylic acids is 1. The van der Waals surface area contributed by atoms with E-state index in [1.165, 1.54) is 6.92 Å². The predicted octanol–water partition coefficient (Wildman–Crippen LogP) is 1.99. The van der Waals surface area contributed by atoms with Crippen molar-refractivity contribution in [3.63, 3.8) is 0 Å². The highest BCUT2D eigenvalue weighted by atomic mass is 16.6. The van der Waals surface area contributed by atoms with Crippen molar-refractivity contribution in [2.45, 2.75) is 6.92 Å². The van der Waals surface area contributed by atoms with Crippen LogP contribution in [0.3, 0.4) is 0 Å². The van der Waals surface area contributed by atoms with E-state index in [0.717, 1.165) is 24.3 Å². The molecule has 0 heterocycles. The van der Waals surface area contributed by atoms with Gasteiger partial charge in [-0.25, -0.2) is 4.79 Å². The summed E-state index contributed by atoms with van der Waals surface area (Å²) in [7, 11) is 0. The van der Waals surface area contributed by atoms with Gasteiger partial charge in [0.15, 0.2) is 0 Å². The van der Waals surface area contributed by atoms with Gasteiger partial charge in [-0.1, -0.05) is 0 Å². The van der Waals surface area contributed by atoms with E-state index in [4.69, 9.17) is 5.11 Å². The number of hydrogen-bond donors (Lipinski definition) is 1. The second kappa shape index (κ2) is 5.04. The van der Waals surface area contributed by atoms with E-state index < -0.39 is 27.2 Å². The molecular formula is C10H8N2O6. The summed E-state index contributed by atoms with van der Waals surface area (Å²) in [5.74, 6) is -1.22. The Bertz CT molecular complexity index is 563. The molecule has 0 saturated carbocycles. The minimum Gasteiger partial charge on any atom is -0.478 e. The Morgan fingerprint density at radius 1 is 1.28 bits per heavy atom. The predicted molar refractivity (Wildman–Crippen MR) is 61.0 cm³/mol. The molecule has 0 amide bonds. The molecule has 0 bridgehead atoms. The quantitative estimate of drug-likeness (QED) is 0.496. The molecule has 1 N–H and O–H groups in total. The number of non-ortho nitro benzene ring substituents is 1. The Labute approximate surface area is 100 Å². The lowest BCUT2D eigenvalue weighted by Gasteiger charge is -1.99. The largest absolute Gasteiger partial charge is 0.478 e. The molecule has 0 unspecified atom stereocenters. The lowest BCUT2D eigenvalue weighted by molar-refractivity contribution is -0.394. The maximum absolute atomic E-state index is 10.8. The zero-order valence-corrected chi connectivity index (χ0v) is 9.19. The minimum atomic E-state index is -1.22. The Morgan fingerprint density at radius 3 is 2.33 bits per heavy atom. The SMILES string of the molecule is C/C(=C\c1ccc([N+](=O)[O-])cc1[N+](=O)[O-])C(=O)O. The molecule has 94 valence electrons. The Balaban J connectivity index is 3.37. The summed E-state index contributed by atoms with van der Waals surface area (Å²) in [6.07, 6.45) is 1.09. The summed E-state index contributed by atoms with van der Waals surface area (Å²) in [6.45, 7) is 1.27. The smallest absolute Gasteiger partial charge is 0.331 e. The average Bonchev–Trinajstić information content (AvgIpc) is 2.28. The molecule has 0 fully saturated rings. The number of nitro benzene ring substituents is 2.